The molecule has 98 valence electrons. The number of hydrogen-bond donors (Lipinski definition) is 1. The van der Waals surface area contributed by atoms with Crippen molar-refractivity contribution in [1.29, 1.82) is 0 Å². The minimum Gasteiger partial charge on any atom is -0.497 e. The molecule has 3 nitrogen and oxygen atoms in total. The molecule has 0 radical (unpaired) electrons. The minimum absolute atomic E-state index is 0.271. The summed E-state index contributed by atoms with van der Waals surface area (Å²) in [6.45, 7) is 0. The number of ketones is 1. The van der Waals surface area contributed by atoms with Crippen LogP contribution < -0.4 is 10.5 Å². The highest BCUT2D eigenvalue weighted by atomic mass is 35.5. The lowest BCUT2D eigenvalue weighted by molar-refractivity contribution is 0.103. The molecule has 0 fully saturated rings. The molecule has 2 N–H and O–H groups in total. The smallest absolute Gasteiger partial charge is 0.196 e. The topological polar surface area (TPSA) is 52.3 Å². The van der Waals surface area contributed by atoms with Gasteiger partial charge in [0.15, 0.2) is 5.78 Å². The first-order valence-electron chi connectivity index (χ1n) is 5.46. The fraction of sp³-hybridized carbons (Fsp3) is 0.0714. The Hall–Kier alpha value is -1.71. The molecule has 0 spiro atoms. The molecule has 0 aromatic heterocycles. The van der Waals surface area contributed by atoms with E-state index in [9.17, 15) is 4.79 Å². The molecule has 2 aromatic carbocycles. The van der Waals surface area contributed by atoms with Gasteiger partial charge in [-0.25, -0.2) is 0 Å². The number of carbonyl (C=O) groups is 1. The molecule has 0 saturated heterocycles. The van der Waals surface area contributed by atoms with Gasteiger partial charge >= 0.3 is 0 Å². The van der Waals surface area contributed by atoms with Gasteiger partial charge in [0, 0.05) is 27.9 Å². The van der Waals surface area contributed by atoms with Crippen LogP contribution in [-0.4, -0.2) is 12.9 Å². The molecule has 0 bridgehead atoms. The molecule has 5 heteroatoms. The van der Waals surface area contributed by atoms with E-state index < -0.39 is 0 Å². The van der Waals surface area contributed by atoms with Crippen molar-refractivity contribution in [2.75, 3.05) is 12.8 Å². The molecule has 0 atom stereocenters. The van der Waals surface area contributed by atoms with Gasteiger partial charge in [-0.1, -0.05) is 23.2 Å². The fourth-order valence-electron chi connectivity index (χ4n) is 1.69. The Morgan fingerprint density at radius 2 is 1.84 bits per heavy atom. The van der Waals surface area contributed by atoms with E-state index in [0.717, 1.165) is 0 Å². The van der Waals surface area contributed by atoms with Crippen LogP contribution in [0.2, 0.25) is 10.0 Å². The van der Waals surface area contributed by atoms with Crippen LogP contribution in [0.25, 0.3) is 0 Å². The Morgan fingerprint density at radius 3 is 2.47 bits per heavy atom. The molecular weight excluding hydrogens is 285 g/mol. The van der Waals surface area contributed by atoms with E-state index in [1.165, 1.54) is 13.2 Å². The average molecular weight is 296 g/mol. The van der Waals surface area contributed by atoms with Gasteiger partial charge < -0.3 is 10.5 Å². The van der Waals surface area contributed by atoms with E-state index in [4.69, 9.17) is 33.7 Å². The first kappa shape index (κ1) is 13.7. The molecule has 0 saturated carbocycles. The predicted octanol–water partition coefficient (Wildman–Crippen LogP) is 3.82. The zero-order valence-electron chi connectivity index (χ0n) is 10.1. The quantitative estimate of drug-likeness (QED) is 0.692. The fourth-order valence-corrected chi connectivity index (χ4v) is 2.07. The monoisotopic (exact) mass is 295 g/mol. The molecule has 0 aliphatic carbocycles. The van der Waals surface area contributed by atoms with Crippen molar-refractivity contribution in [2.24, 2.45) is 0 Å². The number of carbonyl (C=O) groups excluding carboxylic acids is 1. The maximum absolute atomic E-state index is 12.4. The Morgan fingerprint density at radius 1 is 1.11 bits per heavy atom. The summed E-state index contributed by atoms with van der Waals surface area (Å²) < 4.78 is 5.04. The van der Waals surface area contributed by atoms with Crippen LogP contribution >= 0.6 is 23.2 Å². The number of nitrogens with two attached hydrogens (primary N) is 1. The van der Waals surface area contributed by atoms with Crippen molar-refractivity contribution in [3.8, 4) is 5.75 Å². The van der Waals surface area contributed by atoms with Gasteiger partial charge in [-0.15, -0.1) is 0 Å². The van der Waals surface area contributed by atoms with Crippen LogP contribution in [0.3, 0.4) is 0 Å². The Bertz CT molecular complexity index is 641. The minimum atomic E-state index is -0.271. The van der Waals surface area contributed by atoms with E-state index in [2.05, 4.69) is 0 Å². The lowest BCUT2D eigenvalue weighted by atomic mass is 10.0. The van der Waals surface area contributed by atoms with Crippen molar-refractivity contribution >= 4 is 34.7 Å². The van der Waals surface area contributed by atoms with Crippen LogP contribution in [0, 0.1) is 0 Å². The highest BCUT2D eigenvalue weighted by molar-refractivity contribution is 6.37. The zero-order valence-corrected chi connectivity index (χ0v) is 11.6. The largest absolute Gasteiger partial charge is 0.497 e. The molecule has 0 amide bonds. The second kappa shape index (κ2) is 5.51. The summed E-state index contributed by atoms with van der Waals surface area (Å²) in [5, 5.41) is 0.782. The van der Waals surface area contributed by atoms with Crippen molar-refractivity contribution < 1.29 is 9.53 Å². The highest BCUT2D eigenvalue weighted by Crippen LogP contribution is 2.27. The number of rotatable bonds is 3. The lowest BCUT2D eigenvalue weighted by Gasteiger charge is -2.08. The van der Waals surface area contributed by atoms with Crippen LogP contribution in [-0.2, 0) is 0 Å². The number of halogens is 2. The molecular formula is C14H11Cl2NO2. The molecule has 2 aromatic rings. The standard InChI is InChI=1S/C14H11Cl2NO2/c1-19-9-3-4-10(13(17)7-9)14(18)11-6-8(15)2-5-12(11)16/h2-7H,17H2,1H3. The Balaban J connectivity index is 2.47. The van der Waals surface area contributed by atoms with Crippen LogP contribution in [0.5, 0.6) is 5.75 Å². The van der Waals surface area contributed by atoms with E-state index in [-0.39, 0.29) is 5.78 Å². The number of benzene rings is 2. The molecule has 0 aliphatic rings. The van der Waals surface area contributed by atoms with E-state index >= 15 is 0 Å². The number of anilines is 1. The number of nitrogen functional groups attached to an aromatic ring is 1. The van der Waals surface area contributed by atoms with Crippen molar-refractivity contribution in [1.82, 2.24) is 0 Å². The third-order valence-corrected chi connectivity index (χ3v) is 3.24. The van der Waals surface area contributed by atoms with Gasteiger partial charge in [-0.05, 0) is 30.3 Å². The van der Waals surface area contributed by atoms with Gasteiger partial charge in [0.25, 0.3) is 0 Å². The van der Waals surface area contributed by atoms with E-state index in [1.54, 1.807) is 30.3 Å². The van der Waals surface area contributed by atoms with E-state index in [0.29, 0.717) is 32.6 Å². The second-order valence-corrected chi connectivity index (χ2v) is 4.75. The van der Waals surface area contributed by atoms with Gasteiger partial charge in [-0.2, -0.15) is 0 Å². The Labute approximate surface area is 120 Å². The number of hydrogen-bond acceptors (Lipinski definition) is 3. The van der Waals surface area contributed by atoms with Crippen LogP contribution in [0.15, 0.2) is 36.4 Å². The second-order valence-electron chi connectivity index (χ2n) is 3.91. The van der Waals surface area contributed by atoms with Gasteiger partial charge in [0.1, 0.15) is 5.75 Å². The third kappa shape index (κ3) is 2.83. The SMILES string of the molecule is COc1ccc(C(=O)c2cc(Cl)ccc2Cl)c(N)c1. The van der Waals surface area contributed by atoms with Gasteiger partial charge in [0.05, 0.1) is 12.1 Å². The van der Waals surface area contributed by atoms with Crippen LogP contribution in [0.4, 0.5) is 5.69 Å². The molecule has 19 heavy (non-hydrogen) atoms. The van der Waals surface area contributed by atoms with Crippen molar-refractivity contribution in [3.05, 3.63) is 57.6 Å². The molecule has 0 heterocycles. The first-order valence-corrected chi connectivity index (χ1v) is 6.22. The van der Waals surface area contributed by atoms with Crippen molar-refractivity contribution in [2.45, 2.75) is 0 Å². The average Bonchev–Trinajstić information content (AvgIpc) is 2.40. The predicted molar refractivity (Wildman–Crippen MR) is 77.3 cm³/mol. The lowest BCUT2D eigenvalue weighted by Crippen LogP contribution is -2.06. The maximum atomic E-state index is 12.4. The third-order valence-electron chi connectivity index (χ3n) is 2.68. The summed E-state index contributed by atoms with van der Waals surface area (Å²) in [6, 6.07) is 9.59. The summed E-state index contributed by atoms with van der Waals surface area (Å²) in [7, 11) is 1.53. The highest BCUT2D eigenvalue weighted by Gasteiger charge is 2.16. The number of ether oxygens (including phenoxy) is 1. The number of methoxy groups -OCH3 is 1. The molecule has 2 rings (SSSR count). The normalized spacial score (nSPS) is 10.3. The summed E-state index contributed by atoms with van der Waals surface area (Å²) in [6.07, 6.45) is 0. The first-order chi connectivity index (χ1) is 9.02. The zero-order chi connectivity index (χ0) is 14.0. The van der Waals surface area contributed by atoms with Gasteiger partial charge in [0.2, 0.25) is 0 Å². The Kier molecular flexibility index (Phi) is 3.98. The summed E-state index contributed by atoms with van der Waals surface area (Å²) >= 11 is 11.9. The van der Waals surface area contributed by atoms with Crippen molar-refractivity contribution in [3.63, 3.8) is 0 Å². The maximum Gasteiger partial charge on any atom is 0.196 e. The van der Waals surface area contributed by atoms with Crippen LogP contribution in [0.1, 0.15) is 15.9 Å². The van der Waals surface area contributed by atoms with Gasteiger partial charge in [-0.3, -0.25) is 4.79 Å². The summed E-state index contributed by atoms with van der Waals surface area (Å²) in [5.41, 5.74) is 6.87. The van der Waals surface area contributed by atoms with E-state index in [1.807, 2.05) is 0 Å². The summed E-state index contributed by atoms with van der Waals surface area (Å²) in [5.74, 6) is 0.318. The summed E-state index contributed by atoms with van der Waals surface area (Å²) in [4.78, 5) is 12.4. The molecule has 0 aliphatic heterocycles. The molecule has 0 unspecified atom stereocenters.